The molecule has 1 aliphatic rings. The van der Waals surface area contributed by atoms with Crippen LogP contribution in [0, 0.1) is 0 Å². The molecule has 1 unspecified atom stereocenters. The lowest BCUT2D eigenvalue weighted by Gasteiger charge is -2.25. The van der Waals surface area contributed by atoms with E-state index in [1.165, 1.54) is 11.8 Å². The van der Waals surface area contributed by atoms with Crippen LogP contribution in [0.5, 0.6) is 17.2 Å². The van der Waals surface area contributed by atoms with E-state index < -0.39 is 5.41 Å². The second-order valence-corrected chi connectivity index (χ2v) is 12.2. The molecular weight excluding hydrogens is 568 g/mol. The third kappa shape index (κ3) is 6.22. The maximum absolute atomic E-state index is 13.9. The molecule has 3 heterocycles. The van der Waals surface area contributed by atoms with Crippen molar-refractivity contribution in [2.24, 2.45) is 0 Å². The largest absolute Gasteiger partial charge is 0.497 e. The van der Waals surface area contributed by atoms with Gasteiger partial charge in [-0.25, -0.2) is 4.68 Å². The third-order valence-electron chi connectivity index (χ3n) is 7.17. The van der Waals surface area contributed by atoms with Crippen molar-refractivity contribution in [2.75, 3.05) is 38.5 Å². The zero-order valence-corrected chi connectivity index (χ0v) is 26.0. The Morgan fingerprint density at radius 3 is 2.42 bits per heavy atom. The van der Waals surface area contributed by atoms with E-state index in [9.17, 15) is 9.59 Å². The van der Waals surface area contributed by atoms with Crippen LogP contribution in [-0.4, -0.2) is 55.2 Å². The third-order valence-corrected chi connectivity index (χ3v) is 8.42. The molecule has 0 spiro atoms. The fraction of sp³-hybridized carbons (Fsp3) is 0.344. The highest BCUT2D eigenvalue weighted by molar-refractivity contribution is 8.00. The van der Waals surface area contributed by atoms with Crippen molar-refractivity contribution in [3.8, 4) is 22.9 Å². The summed E-state index contributed by atoms with van der Waals surface area (Å²) in [5.74, 6) is 2.72. The van der Waals surface area contributed by atoms with Crippen LogP contribution in [0.25, 0.3) is 5.69 Å². The van der Waals surface area contributed by atoms with Gasteiger partial charge in [0, 0.05) is 11.0 Å². The minimum atomic E-state index is -0.391. The van der Waals surface area contributed by atoms with Crippen molar-refractivity contribution in [1.82, 2.24) is 15.1 Å². The average molecular weight is 605 g/mol. The average Bonchev–Trinajstić information content (AvgIpc) is 3.65. The molecule has 0 fully saturated rings. The number of methoxy groups -OCH3 is 3. The topological polar surface area (TPSA) is 108 Å². The van der Waals surface area contributed by atoms with Crippen LogP contribution < -0.4 is 24.4 Å². The summed E-state index contributed by atoms with van der Waals surface area (Å²) in [7, 11) is 4.81. The van der Waals surface area contributed by atoms with Crippen LogP contribution in [0.1, 0.15) is 48.6 Å². The SMILES string of the molecule is COc1ccc(-n2nc(C(C)(C)C)c3c2N(CC(=O)NCc2ccco2)C(=O)CSC3c2ccc(OC)c(OC)c2)cc1. The molecule has 5 rings (SSSR count). The van der Waals surface area contributed by atoms with Crippen LogP contribution >= 0.6 is 11.8 Å². The molecule has 4 aromatic rings. The van der Waals surface area contributed by atoms with Gasteiger partial charge in [-0.15, -0.1) is 11.8 Å². The summed E-state index contributed by atoms with van der Waals surface area (Å²) in [6.45, 7) is 6.32. The Hall–Kier alpha value is -4.38. The summed E-state index contributed by atoms with van der Waals surface area (Å²) in [5.41, 5.74) is 2.96. The van der Waals surface area contributed by atoms with Crippen molar-refractivity contribution in [3.63, 3.8) is 0 Å². The number of nitrogens with one attached hydrogen (secondary N) is 1. The Kier molecular flexibility index (Phi) is 8.72. The fourth-order valence-corrected chi connectivity index (χ4v) is 6.24. The van der Waals surface area contributed by atoms with Gasteiger partial charge >= 0.3 is 0 Å². The number of hydrogen-bond donors (Lipinski definition) is 1. The van der Waals surface area contributed by atoms with Crippen LogP contribution in [0.15, 0.2) is 65.3 Å². The summed E-state index contributed by atoms with van der Waals surface area (Å²) in [6.07, 6.45) is 1.55. The lowest BCUT2D eigenvalue weighted by Crippen LogP contribution is -2.42. The molecule has 0 bridgehead atoms. The molecule has 0 saturated heterocycles. The molecule has 0 aliphatic carbocycles. The number of benzene rings is 2. The molecule has 226 valence electrons. The first-order valence-corrected chi connectivity index (χ1v) is 14.9. The molecule has 11 heteroatoms. The number of thioether (sulfide) groups is 1. The minimum absolute atomic E-state index is 0.158. The number of anilines is 1. The quantitative estimate of drug-likeness (QED) is 0.275. The first kappa shape index (κ1) is 30.1. The van der Waals surface area contributed by atoms with Gasteiger partial charge in [0.15, 0.2) is 11.5 Å². The van der Waals surface area contributed by atoms with Gasteiger partial charge in [0.25, 0.3) is 0 Å². The molecule has 43 heavy (non-hydrogen) atoms. The smallest absolute Gasteiger partial charge is 0.240 e. The van der Waals surface area contributed by atoms with E-state index in [4.69, 9.17) is 23.7 Å². The molecule has 0 saturated carbocycles. The van der Waals surface area contributed by atoms with E-state index in [-0.39, 0.29) is 35.9 Å². The molecule has 1 N–H and O–H groups in total. The monoisotopic (exact) mass is 604 g/mol. The normalized spacial score (nSPS) is 15.1. The first-order valence-electron chi connectivity index (χ1n) is 13.9. The van der Waals surface area contributed by atoms with E-state index >= 15 is 0 Å². The standard InChI is InChI=1S/C32H36N4O6S/c1-32(2,3)30-28-29(20-9-14-24(40-5)25(16-20)41-6)43-19-27(38)35(18-26(37)33-17-23-8-7-15-42-23)31(28)36(34-30)21-10-12-22(39-4)13-11-21/h7-16,29H,17-19H2,1-6H3,(H,33,37). The molecule has 0 radical (unpaired) electrons. The second kappa shape index (κ2) is 12.5. The van der Waals surface area contributed by atoms with Gasteiger partial charge in [0.05, 0.1) is 56.5 Å². The van der Waals surface area contributed by atoms with Crippen molar-refractivity contribution < 1.29 is 28.2 Å². The summed E-state index contributed by atoms with van der Waals surface area (Å²) < 4.78 is 23.6. The highest BCUT2D eigenvalue weighted by Crippen LogP contribution is 2.49. The van der Waals surface area contributed by atoms with Gasteiger partial charge in [0.1, 0.15) is 23.9 Å². The van der Waals surface area contributed by atoms with Gasteiger partial charge in [-0.2, -0.15) is 5.10 Å². The van der Waals surface area contributed by atoms with E-state index in [2.05, 4.69) is 26.1 Å². The number of hydrogen-bond acceptors (Lipinski definition) is 8. The number of nitrogens with zero attached hydrogens (tertiary/aromatic N) is 3. The highest BCUT2D eigenvalue weighted by atomic mass is 32.2. The van der Waals surface area contributed by atoms with Gasteiger partial charge in [-0.05, 0) is 54.1 Å². The Morgan fingerprint density at radius 1 is 1.05 bits per heavy atom. The maximum Gasteiger partial charge on any atom is 0.240 e. The molecule has 1 aliphatic heterocycles. The van der Waals surface area contributed by atoms with Crippen LogP contribution in [0.3, 0.4) is 0 Å². The number of aromatic nitrogens is 2. The minimum Gasteiger partial charge on any atom is -0.497 e. The van der Waals surface area contributed by atoms with Crippen LogP contribution in [0.4, 0.5) is 5.82 Å². The van der Waals surface area contributed by atoms with Crippen molar-refractivity contribution >= 4 is 29.4 Å². The molecule has 2 aromatic carbocycles. The molecule has 10 nitrogen and oxygen atoms in total. The molecule has 2 aromatic heterocycles. The number of furan rings is 1. The van der Waals surface area contributed by atoms with Crippen LogP contribution in [-0.2, 0) is 21.5 Å². The van der Waals surface area contributed by atoms with Crippen molar-refractivity contribution in [1.29, 1.82) is 0 Å². The number of amides is 2. The van der Waals surface area contributed by atoms with E-state index in [0.29, 0.717) is 28.8 Å². The maximum atomic E-state index is 13.9. The lowest BCUT2D eigenvalue weighted by molar-refractivity contribution is -0.123. The van der Waals surface area contributed by atoms with E-state index in [0.717, 1.165) is 22.5 Å². The lowest BCUT2D eigenvalue weighted by atomic mass is 9.87. The summed E-state index contributed by atoms with van der Waals surface area (Å²) in [6, 6.07) is 16.8. The molecule has 1 atom stereocenters. The fourth-order valence-electron chi connectivity index (χ4n) is 5.05. The number of rotatable bonds is 9. The zero-order chi connectivity index (χ0) is 30.7. The predicted octanol–water partition coefficient (Wildman–Crippen LogP) is 5.27. The highest BCUT2D eigenvalue weighted by Gasteiger charge is 2.40. The van der Waals surface area contributed by atoms with Gasteiger partial charge in [-0.1, -0.05) is 26.8 Å². The van der Waals surface area contributed by atoms with Crippen molar-refractivity contribution in [2.45, 2.75) is 38.0 Å². The van der Waals surface area contributed by atoms with E-state index in [1.54, 1.807) is 49.3 Å². The first-order chi connectivity index (χ1) is 20.6. The number of ether oxygens (including phenoxy) is 3. The predicted molar refractivity (Wildman–Crippen MR) is 166 cm³/mol. The van der Waals surface area contributed by atoms with E-state index in [1.807, 2.05) is 42.5 Å². The Bertz CT molecular complexity index is 1590. The van der Waals surface area contributed by atoms with Gasteiger partial charge in [-0.3, -0.25) is 14.5 Å². The van der Waals surface area contributed by atoms with Gasteiger partial charge in [0.2, 0.25) is 11.8 Å². The zero-order valence-electron chi connectivity index (χ0n) is 25.2. The Balaban J connectivity index is 1.68. The van der Waals surface area contributed by atoms with Crippen molar-refractivity contribution in [3.05, 3.63) is 83.4 Å². The van der Waals surface area contributed by atoms with Crippen LogP contribution in [0.2, 0.25) is 0 Å². The number of carbonyl (C=O) groups excluding carboxylic acids is 2. The second-order valence-electron chi connectivity index (χ2n) is 11.1. The summed E-state index contributed by atoms with van der Waals surface area (Å²) >= 11 is 1.50. The van der Waals surface area contributed by atoms with Gasteiger partial charge < -0.3 is 23.9 Å². The molecule has 2 amide bonds. The number of fused-ring (bicyclic) bond motifs is 1. The Labute approximate surface area is 255 Å². The molecular formula is C32H36N4O6S. The summed E-state index contributed by atoms with van der Waals surface area (Å²) in [4.78, 5) is 28.7. The summed E-state index contributed by atoms with van der Waals surface area (Å²) in [5, 5.41) is 7.72. The Morgan fingerprint density at radius 2 is 1.79 bits per heavy atom. The number of carbonyl (C=O) groups is 2.